The van der Waals surface area contributed by atoms with Crippen LogP contribution >= 0.6 is 0 Å². The molecule has 1 unspecified atom stereocenters. The maximum absolute atomic E-state index is 11.8. The van der Waals surface area contributed by atoms with E-state index in [4.69, 9.17) is 14.9 Å². The van der Waals surface area contributed by atoms with Gasteiger partial charge in [0.25, 0.3) is 0 Å². The van der Waals surface area contributed by atoms with Gasteiger partial charge in [-0.2, -0.15) is 0 Å². The summed E-state index contributed by atoms with van der Waals surface area (Å²) in [4.78, 5) is 22.9. The van der Waals surface area contributed by atoms with Crippen molar-refractivity contribution in [2.45, 2.75) is 45.7 Å². The van der Waals surface area contributed by atoms with Gasteiger partial charge in [-0.1, -0.05) is 13.8 Å². The summed E-state index contributed by atoms with van der Waals surface area (Å²) >= 11 is 0. The van der Waals surface area contributed by atoms with Crippen molar-refractivity contribution in [1.82, 2.24) is 10.6 Å². The highest BCUT2D eigenvalue weighted by Crippen LogP contribution is 2.05. The summed E-state index contributed by atoms with van der Waals surface area (Å²) in [6.07, 6.45) is 0.625. The molecule has 0 saturated carbocycles. The number of aliphatic hydroxyl groups is 1. The van der Waals surface area contributed by atoms with E-state index in [0.717, 1.165) is 0 Å². The minimum atomic E-state index is -1.00. The minimum absolute atomic E-state index is 0.00954. The topological polar surface area (TPSA) is 108 Å². The molecule has 7 heteroatoms. The summed E-state index contributed by atoms with van der Waals surface area (Å²) in [6, 6.07) is -0.909. The molecule has 0 aliphatic carbocycles. The number of hydrogen-bond acceptors (Lipinski definition) is 5. The first-order valence-corrected chi connectivity index (χ1v) is 7.31. The lowest BCUT2D eigenvalue weighted by atomic mass is 10.0. The van der Waals surface area contributed by atoms with Crippen LogP contribution in [0.2, 0.25) is 0 Å². The number of aliphatic hydroxyl groups excluding tert-OH is 1. The van der Waals surface area contributed by atoms with Crippen molar-refractivity contribution < 1.29 is 24.5 Å². The molecule has 2 atom stereocenters. The first kappa shape index (κ1) is 19.8. The quantitative estimate of drug-likeness (QED) is 0.377. The molecule has 0 aliphatic rings. The zero-order chi connectivity index (χ0) is 16.3. The van der Waals surface area contributed by atoms with Gasteiger partial charge in [-0.25, -0.2) is 4.79 Å². The molecule has 4 N–H and O–H groups in total. The molecule has 21 heavy (non-hydrogen) atoms. The second kappa shape index (κ2) is 11.5. The molecule has 0 aromatic carbocycles. The fraction of sp³-hybridized carbons (Fsp3) is 0.857. The van der Waals surface area contributed by atoms with Gasteiger partial charge in [0.15, 0.2) is 0 Å². The Morgan fingerprint density at radius 2 is 1.86 bits per heavy atom. The van der Waals surface area contributed by atoms with Crippen LogP contribution < -0.4 is 10.6 Å². The molecule has 0 bridgehead atoms. The first-order valence-electron chi connectivity index (χ1n) is 7.31. The molecule has 0 aliphatic heterocycles. The highest BCUT2D eigenvalue weighted by molar-refractivity contribution is 5.83. The van der Waals surface area contributed by atoms with Gasteiger partial charge in [-0.3, -0.25) is 4.79 Å². The van der Waals surface area contributed by atoms with Crippen LogP contribution in [0.5, 0.6) is 0 Å². The monoisotopic (exact) mass is 304 g/mol. The number of aliphatic carboxylic acids is 1. The van der Waals surface area contributed by atoms with Crippen molar-refractivity contribution in [3.05, 3.63) is 0 Å². The van der Waals surface area contributed by atoms with Gasteiger partial charge in [0.05, 0.1) is 19.8 Å². The molecule has 0 aromatic heterocycles. The molecule has 0 aromatic rings. The van der Waals surface area contributed by atoms with Crippen LogP contribution in [0.1, 0.15) is 33.6 Å². The van der Waals surface area contributed by atoms with E-state index in [-0.39, 0.29) is 30.9 Å². The van der Waals surface area contributed by atoms with Crippen molar-refractivity contribution in [3.63, 3.8) is 0 Å². The van der Waals surface area contributed by atoms with E-state index < -0.39 is 12.0 Å². The molecular formula is C14H28N2O5. The highest BCUT2D eigenvalue weighted by Gasteiger charge is 2.21. The second-order valence-electron chi connectivity index (χ2n) is 5.48. The number of carbonyl (C=O) groups is 2. The summed E-state index contributed by atoms with van der Waals surface area (Å²) in [7, 11) is 0. The van der Waals surface area contributed by atoms with Crippen molar-refractivity contribution >= 4 is 11.9 Å². The Bertz CT molecular complexity index is 310. The van der Waals surface area contributed by atoms with Crippen LogP contribution in [-0.4, -0.2) is 60.5 Å². The molecule has 0 radical (unpaired) electrons. The van der Waals surface area contributed by atoms with Crippen LogP contribution in [0.4, 0.5) is 0 Å². The molecule has 0 saturated heterocycles. The van der Waals surface area contributed by atoms with Crippen molar-refractivity contribution in [2.24, 2.45) is 5.92 Å². The Hall–Kier alpha value is -1.18. The fourth-order valence-corrected chi connectivity index (χ4v) is 1.84. The normalized spacial score (nSPS) is 14.0. The standard InChI is InChI=1S/C14H28N2O5/c1-10(2)8-12(14(19)20)16-13(18)9-11(3)15-4-6-21-7-5-17/h10-12,15,17H,4-9H2,1-3H3,(H,16,18)(H,19,20)/t11?,12-/m0/s1. The summed E-state index contributed by atoms with van der Waals surface area (Å²) in [5.74, 6) is -1.08. The first-order chi connectivity index (χ1) is 9.86. The van der Waals surface area contributed by atoms with Crippen molar-refractivity contribution in [1.29, 1.82) is 0 Å². The van der Waals surface area contributed by atoms with Crippen molar-refractivity contribution in [3.8, 4) is 0 Å². The van der Waals surface area contributed by atoms with Crippen molar-refractivity contribution in [2.75, 3.05) is 26.4 Å². The number of rotatable bonds is 12. The predicted molar refractivity (Wildman–Crippen MR) is 79.0 cm³/mol. The minimum Gasteiger partial charge on any atom is -0.480 e. The maximum atomic E-state index is 11.8. The van der Waals surface area contributed by atoms with E-state index in [9.17, 15) is 9.59 Å². The van der Waals surface area contributed by atoms with E-state index >= 15 is 0 Å². The predicted octanol–water partition coefficient (Wildman–Crippen LogP) is -0.0210. The molecule has 7 nitrogen and oxygen atoms in total. The number of hydrogen-bond donors (Lipinski definition) is 4. The number of nitrogens with one attached hydrogen (secondary N) is 2. The number of amides is 1. The SMILES string of the molecule is CC(C)C[C@H](NC(=O)CC(C)NCCOCCO)C(=O)O. The van der Waals surface area contributed by atoms with E-state index in [1.807, 2.05) is 20.8 Å². The Balaban J connectivity index is 3.96. The van der Waals surface area contributed by atoms with Gasteiger partial charge >= 0.3 is 5.97 Å². The highest BCUT2D eigenvalue weighted by atomic mass is 16.5. The number of carboxylic acid groups (broad SMARTS) is 1. The summed E-state index contributed by atoms with van der Waals surface area (Å²) < 4.78 is 5.09. The molecule has 124 valence electrons. The molecule has 0 heterocycles. The average Bonchev–Trinajstić information content (AvgIpc) is 2.36. The fourth-order valence-electron chi connectivity index (χ4n) is 1.84. The third-order valence-corrected chi connectivity index (χ3v) is 2.81. The van der Waals surface area contributed by atoms with Gasteiger partial charge in [0.1, 0.15) is 6.04 Å². The van der Waals surface area contributed by atoms with Gasteiger partial charge in [-0.15, -0.1) is 0 Å². The lowest BCUT2D eigenvalue weighted by molar-refractivity contribution is -0.142. The number of ether oxygens (including phenoxy) is 1. The lowest BCUT2D eigenvalue weighted by Gasteiger charge is -2.18. The van der Waals surface area contributed by atoms with Gasteiger partial charge in [0, 0.05) is 19.0 Å². The van der Waals surface area contributed by atoms with Crippen LogP contribution in [0.25, 0.3) is 0 Å². The Morgan fingerprint density at radius 3 is 2.38 bits per heavy atom. The van der Waals surface area contributed by atoms with Gasteiger partial charge in [-0.05, 0) is 19.3 Å². The van der Waals surface area contributed by atoms with E-state index in [1.54, 1.807) is 0 Å². The smallest absolute Gasteiger partial charge is 0.326 e. The Labute approximate surface area is 126 Å². The number of carbonyl (C=O) groups excluding carboxylic acids is 1. The maximum Gasteiger partial charge on any atom is 0.326 e. The van der Waals surface area contributed by atoms with Gasteiger partial charge < -0.3 is 25.6 Å². The summed E-state index contributed by atoms with van der Waals surface area (Å²) in [5.41, 5.74) is 0. The number of carboxylic acids is 1. The Morgan fingerprint density at radius 1 is 1.19 bits per heavy atom. The Kier molecular flexibility index (Phi) is 10.8. The third-order valence-electron chi connectivity index (χ3n) is 2.81. The third kappa shape index (κ3) is 11.2. The second-order valence-corrected chi connectivity index (χ2v) is 5.48. The van der Waals surface area contributed by atoms with Crippen LogP contribution in [0.15, 0.2) is 0 Å². The van der Waals surface area contributed by atoms with Crippen LogP contribution in [0.3, 0.4) is 0 Å². The summed E-state index contributed by atoms with van der Waals surface area (Å²) in [5, 5.41) is 23.2. The van der Waals surface area contributed by atoms with Crippen LogP contribution in [0, 0.1) is 5.92 Å². The molecule has 1 amide bonds. The van der Waals surface area contributed by atoms with E-state index in [2.05, 4.69) is 10.6 Å². The average molecular weight is 304 g/mol. The zero-order valence-electron chi connectivity index (χ0n) is 13.1. The largest absolute Gasteiger partial charge is 0.480 e. The molecule has 0 rings (SSSR count). The van der Waals surface area contributed by atoms with Gasteiger partial charge in [0.2, 0.25) is 5.91 Å². The van der Waals surface area contributed by atoms with E-state index in [0.29, 0.717) is 26.2 Å². The molecular weight excluding hydrogens is 276 g/mol. The zero-order valence-corrected chi connectivity index (χ0v) is 13.1. The van der Waals surface area contributed by atoms with Crippen LogP contribution in [-0.2, 0) is 14.3 Å². The molecule has 0 spiro atoms. The lowest BCUT2D eigenvalue weighted by Crippen LogP contribution is -2.44. The molecule has 0 fully saturated rings. The van der Waals surface area contributed by atoms with E-state index in [1.165, 1.54) is 0 Å². The summed E-state index contributed by atoms with van der Waals surface area (Å²) in [6.45, 7) is 7.00.